The first kappa shape index (κ1) is 11.2. The Bertz CT molecular complexity index is 232. The van der Waals surface area contributed by atoms with Gasteiger partial charge in [-0.1, -0.05) is 0 Å². The molecule has 0 unspecified atom stereocenters. The normalized spacial score (nSPS) is 30.7. The molecule has 2 rings (SSSR count). The van der Waals surface area contributed by atoms with Crippen molar-refractivity contribution in [3.63, 3.8) is 0 Å². The first-order valence-electron chi connectivity index (χ1n) is 5.59. The minimum atomic E-state index is -0.155. The maximum Gasteiger partial charge on any atom is 0.175 e. The molecular formula is C10H17N2O2P. The Hall–Kier alpha value is -0.310. The molecule has 0 aromatic carbocycles. The summed E-state index contributed by atoms with van der Waals surface area (Å²) in [5.41, 5.74) is 0.206. The maximum absolute atomic E-state index is 11.7. The highest BCUT2D eigenvalue weighted by Crippen LogP contribution is 2.24. The lowest BCUT2D eigenvalue weighted by atomic mass is 10.2. The van der Waals surface area contributed by atoms with E-state index in [2.05, 4.69) is 10.6 Å². The third-order valence-corrected chi connectivity index (χ3v) is 4.19. The lowest BCUT2D eigenvalue weighted by molar-refractivity contribution is -0.115. The highest BCUT2D eigenvalue weighted by Gasteiger charge is 2.28. The second kappa shape index (κ2) is 5.15. The molecule has 84 valence electrons. The maximum atomic E-state index is 11.7. The van der Waals surface area contributed by atoms with Crippen molar-refractivity contribution in [3.8, 4) is 0 Å². The number of hydrogen-bond acceptors (Lipinski definition) is 4. The van der Waals surface area contributed by atoms with Gasteiger partial charge in [0.05, 0.1) is 12.1 Å². The van der Waals surface area contributed by atoms with Gasteiger partial charge >= 0.3 is 0 Å². The first-order chi connectivity index (χ1) is 7.27. The lowest BCUT2D eigenvalue weighted by Gasteiger charge is -2.11. The molecule has 2 N–H and O–H groups in total. The van der Waals surface area contributed by atoms with Crippen LogP contribution in [0.5, 0.6) is 0 Å². The summed E-state index contributed by atoms with van der Waals surface area (Å²) in [4.78, 5) is 23.4. The standard InChI is InChI=1S/C10H17N2O2P/c13-9(7-3-1-5-11-7)15-10(14)8-4-2-6-12-8/h7-8,11-12,15H,1-6H2/t7-,8-/m1/s1. The van der Waals surface area contributed by atoms with Gasteiger partial charge in [-0.25, -0.2) is 0 Å². The quantitative estimate of drug-likeness (QED) is 0.676. The van der Waals surface area contributed by atoms with Crippen LogP contribution in [0.3, 0.4) is 0 Å². The zero-order valence-corrected chi connectivity index (χ0v) is 9.71. The summed E-state index contributed by atoms with van der Waals surface area (Å²) in [6.07, 6.45) is 3.90. The van der Waals surface area contributed by atoms with Crippen LogP contribution in [0.1, 0.15) is 25.7 Å². The van der Waals surface area contributed by atoms with Gasteiger partial charge in [0.15, 0.2) is 11.0 Å². The van der Waals surface area contributed by atoms with Crippen LogP contribution in [-0.4, -0.2) is 36.2 Å². The SMILES string of the molecule is O=C(PC(=O)[C@H]1CCCN1)[C@H]1CCCN1. The highest BCUT2D eigenvalue weighted by molar-refractivity contribution is 7.74. The van der Waals surface area contributed by atoms with Crippen molar-refractivity contribution in [1.29, 1.82) is 0 Å². The van der Waals surface area contributed by atoms with E-state index in [1.807, 2.05) is 0 Å². The fourth-order valence-corrected chi connectivity index (χ4v) is 3.20. The summed E-state index contributed by atoms with van der Waals surface area (Å²) in [6, 6.07) is -0.0950. The molecule has 0 radical (unpaired) electrons. The molecule has 2 aliphatic heterocycles. The van der Waals surface area contributed by atoms with E-state index in [4.69, 9.17) is 0 Å². The van der Waals surface area contributed by atoms with Gasteiger partial charge in [-0.05, 0) is 38.8 Å². The van der Waals surface area contributed by atoms with Gasteiger partial charge in [0.2, 0.25) is 0 Å². The molecule has 5 heteroatoms. The van der Waals surface area contributed by atoms with Crippen molar-refractivity contribution in [2.75, 3.05) is 13.1 Å². The molecule has 0 spiro atoms. The highest BCUT2D eigenvalue weighted by atomic mass is 31.1. The van der Waals surface area contributed by atoms with E-state index in [0.29, 0.717) is 0 Å². The van der Waals surface area contributed by atoms with Crippen LogP contribution < -0.4 is 10.6 Å². The van der Waals surface area contributed by atoms with Crippen molar-refractivity contribution in [2.24, 2.45) is 0 Å². The third kappa shape index (κ3) is 2.83. The zero-order chi connectivity index (χ0) is 10.7. The smallest absolute Gasteiger partial charge is 0.175 e. The van der Waals surface area contributed by atoms with Gasteiger partial charge in [0, 0.05) is 8.58 Å². The molecule has 4 nitrogen and oxygen atoms in total. The van der Waals surface area contributed by atoms with Crippen molar-refractivity contribution in [1.82, 2.24) is 10.6 Å². The van der Waals surface area contributed by atoms with Gasteiger partial charge in [-0.15, -0.1) is 0 Å². The van der Waals surface area contributed by atoms with Crippen LogP contribution in [0.2, 0.25) is 0 Å². The molecule has 0 aromatic heterocycles. The molecule has 2 atom stereocenters. The predicted octanol–water partition coefficient (Wildman–Crippen LogP) is 0.222. The molecule has 2 fully saturated rings. The van der Waals surface area contributed by atoms with Gasteiger partial charge in [0.25, 0.3) is 0 Å². The van der Waals surface area contributed by atoms with Crippen LogP contribution in [0, 0.1) is 0 Å². The van der Waals surface area contributed by atoms with E-state index in [-0.39, 0.29) is 31.7 Å². The van der Waals surface area contributed by atoms with Gasteiger partial charge in [-0.2, -0.15) is 0 Å². The van der Waals surface area contributed by atoms with Crippen LogP contribution in [0.25, 0.3) is 0 Å². The van der Waals surface area contributed by atoms with Crippen LogP contribution >= 0.6 is 8.58 Å². The summed E-state index contributed by atoms with van der Waals surface area (Å²) in [5.74, 6) is 0. The van der Waals surface area contributed by atoms with E-state index in [1.54, 1.807) is 0 Å². The van der Waals surface area contributed by atoms with Gasteiger partial charge < -0.3 is 10.6 Å². The van der Waals surface area contributed by atoms with Crippen molar-refractivity contribution >= 4 is 19.6 Å². The van der Waals surface area contributed by atoms with Crippen LogP contribution in [0.15, 0.2) is 0 Å². The van der Waals surface area contributed by atoms with Gasteiger partial charge in [-0.3, -0.25) is 9.59 Å². The number of hydrogen-bond donors (Lipinski definition) is 2. The van der Waals surface area contributed by atoms with E-state index in [1.165, 1.54) is 0 Å². The van der Waals surface area contributed by atoms with Crippen LogP contribution in [0.4, 0.5) is 0 Å². The largest absolute Gasteiger partial charge is 0.307 e. The topological polar surface area (TPSA) is 58.2 Å². The number of nitrogens with one attached hydrogen (secondary N) is 2. The summed E-state index contributed by atoms with van der Waals surface area (Å²) < 4.78 is 0. The molecule has 0 aliphatic carbocycles. The Balaban J connectivity index is 1.79. The minimum absolute atomic E-state index is 0.0475. The van der Waals surface area contributed by atoms with E-state index in [0.717, 1.165) is 38.8 Å². The Kier molecular flexibility index (Phi) is 3.84. The number of rotatable bonds is 4. The Morgan fingerprint density at radius 3 is 1.73 bits per heavy atom. The molecular weight excluding hydrogens is 211 g/mol. The lowest BCUT2D eigenvalue weighted by Crippen LogP contribution is -2.32. The summed E-state index contributed by atoms with van der Waals surface area (Å²) in [5, 5.41) is 6.27. The Morgan fingerprint density at radius 2 is 1.40 bits per heavy atom. The third-order valence-electron chi connectivity index (χ3n) is 3.00. The number of carbonyl (C=O) groups is 2. The van der Waals surface area contributed by atoms with Crippen molar-refractivity contribution in [3.05, 3.63) is 0 Å². The molecule has 0 aromatic rings. The Morgan fingerprint density at radius 1 is 0.933 bits per heavy atom. The predicted molar refractivity (Wildman–Crippen MR) is 60.4 cm³/mol. The van der Waals surface area contributed by atoms with Crippen molar-refractivity contribution in [2.45, 2.75) is 37.8 Å². The summed E-state index contributed by atoms with van der Waals surface area (Å²) in [6.45, 7) is 1.83. The fraction of sp³-hybridized carbons (Fsp3) is 0.800. The molecule has 0 amide bonds. The summed E-state index contributed by atoms with van der Waals surface area (Å²) in [7, 11) is -0.155. The molecule has 0 bridgehead atoms. The minimum Gasteiger partial charge on any atom is -0.307 e. The monoisotopic (exact) mass is 228 g/mol. The second-order valence-electron chi connectivity index (χ2n) is 4.15. The van der Waals surface area contributed by atoms with E-state index >= 15 is 0 Å². The zero-order valence-electron chi connectivity index (χ0n) is 8.71. The van der Waals surface area contributed by atoms with Crippen molar-refractivity contribution < 1.29 is 9.59 Å². The fourth-order valence-electron chi connectivity index (χ4n) is 2.11. The Labute approximate surface area is 91.3 Å². The average Bonchev–Trinajstić information content (AvgIpc) is 2.91. The summed E-state index contributed by atoms with van der Waals surface area (Å²) >= 11 is 0. The average molecular weight is 228 g/mol. The molecule has 2 aliphatic rings. The molecule has 0 saturated carbocycles. The molecule has 15 heavy (non-hydrogen) atoms. The van der Waals surface area contributed by atoms with Crippen LogP contribution in [-0.2, 0) is 9.59 Å². The van der Waals surface area contributed by atoms with E-state index in [9.17, 15) is 9.59 Å². The van der Waals surface area contributed by atoms with Gasteiger partial charge in [0.1, 0.15) is 0 Å². The number of carbonyl (C=O) groups excluding carboxylic acids is 2. The van der Waals surface area contributed by atoms with E-state index < -0.39 is 0 Å². The molecule has 2 heterocycles. The second-order valence-corrected chi connectivity index (χ2v) is 5.39. The molecule has 2 saturated heterocycles. The first-order valence-corrected chi connectivity index (χ1v) is 6.59.